The maximum atomic E-state index is 12.6. The van der Waals surface area contributed by atoms with Gasteiger partial charge in [0.15, 0.2) is 11.0 Å². The summed E-state index contributed by atoms with van der Waals surface area (Å²) in [6.45, 7) is -0.938. The number of nitrogens with two attached hydrogens (primary N) is 1. The van der Waals surface area contributed by atoms with Crippen LogP contribution in [0.5, 0.6) is 0 Å². The third-order valence-electron chi connectivity index (χ3n) is 3.01. The fraction of sp³-hybridized carbons (Fsp3) is 0.250. The molecule has 3 aromatic rings. The number of fused-ring (bicyclic) bond motifs is 1. The fourth-order valence-electron chi connectivity index (χ4n) is 1.94. The second-order valence-electron chi connectivity index (χ2n) is 4.52. The molecule has 0 radical (unpaired) electrons. The van der Waals surface area contributed by atoms with Crippen molar-refractivity contribution < 1.29 is 8.78 Å². The van der Waals surface area contributed by atoms with E-state index in [1.54, 1.807) is 6.92 Å². The average molecular weight is 358 g/mol. The van der Waals surface area contributed by atoms with Gasteiger partial charge in [-0.15, -0.1) is 11.8 Å². The SMILES string of the molecule is CC(Sc1cnc(Cl)c2ncnc(N)c12)c1ncn(C(F)F)n1. The van der Waals surface area contributed by atoms with Gasteiger partial charge in [0.2, 0.25) is 0 Å². The van der Waals surface area contributed by atoms with Gasteiger partial charge < -0.3 is 5.73 Å². The van der Waals surface area contributed by atoms with Crippen molar-refractivity contribution in [3.05, 3.63) is 29.8 Å². The minimum Gasteiger partial charge on any atom is -0.383 e. The Morgan fingerprint density at radius 2 is 2.04 bits per heavy atom. The molecular weight excluding hydrogens is 348 g/mol. The van der Waals surface area contributed by atoms with Gasteiger partial charge in [0.05, 0.1) is 10.6 Å². The zero-order valence-corrected chi connectivity index (χ0v) is 13.3. The zero-order chi connectivity index (χ0) is 16.6. The topological polar surface area (TPSA) is 95.4 Å². The number of alkyl halides is 2. The molecule has 11 heteroatoms. The highest BCUT2D eigenvalue weighted by molar-refractivity contribution is 7.99. The molecule has 0 saturated heterocycles. The number of anilines is 1. The van der Waals surface area contributed by atoms with Crippen molar-refractivity contribution in [2.45, 2.75) is 23.6 Å². The Morgan fingerprint density at radius 1 is 1.26 bits per heavy atom. The van der Waals surface area contributed by atoms with Crippen molar-refractivity contribution >= 4 is 40.1 Å². The molecule has 0 aliphatic carbocycles. The highest BCUT2D eigenvalue weighted by Gasteiger charge is 2.19. The average Bonchev–Trinajstić information content (AvgIpc) is 3.00. The van der Waals surface area contributed by atoms with Crippen molar-refractivity contribution in [1.82, 2.24) is 29.7 Å². The lowest BCUT2D eigenvalue weighted by Crippen LogP contribution is -2.01. The van der Waals surface area contributed by atoms with Gasteiger partial charge in [-0.1, -0.05) is 11.6 Å². The second kappa shape index (κ2) is 6.20. The molecule has 7 nitrogen and oxygen atoms in total. The van der Waals surface area contributed by atoms with Gasteiger partial charge in [-0.05, 0) is 6.92 Å². The molecule has 0 aromatic carbocycles. The van der Waals surface area contributed by atoms with Crippen molar-refractivity contribution in [1.29, 1.82) is 0 Å². The van der Waals surface area contributed by atoms with E-state index in [9.17, 15) is 8.78 Å². The first-order valence-electron chi connectivity index (χ1n) is 6.38. The van der Waals surface area contributed by atoms with Gasteiger partial charge >= 0.3 is 6.55 Å². The fourth-order valence-corrected chi connectivity index (χ4v) is 3.16. The van der Waals surface area contributed by atoms with Gasteiger partial charge in [0.25, 0.3) is 0 Å². The van der Waals surface area contributed by atoms with Crippen molar-refractivity contribution in [3.63, 3.8) is 0 Å². The van der Waals surface area contributed by atoms with Crippen molar-refractivity contribution in [2.24, 2.45) is 0 Å². The summed E-state index contributed by atoms with van der Waals surface area (Å²) in [5, 5.41) is 4.23. The van der Waals surface area contributed by atoms with Crippen LogP contribution in [0.25, 0.3) is 10.9 Å². The third-order valence-corrected chi connectivity index (χ3v) is 4.41. The van der Waals surface area contributed by atoms with Crippen LogP contribution in [0.2, 0.25) is 5.15 Å². The molecule has 0 aliphatic rings. The summed E-state index contributed by atoms with van der Waals surface area (Å²) in [5.41, 5.74) is 6.33. The Hall–Kier alpha value is -2.07. The number of nitrogens with zero attached hydrogens (tertiary/aromatic N) is 6. The summed E-state index contributed by atoms with van der Waals surface area (Å²) in [4.78, 5) is 16.7. The molecule has 0 aliphatic heterocycles. The van der Waals surface area contributed by atoms with Gasteiger partial charge in [-0.2, -0.15) is 18.6 Å². The molecular formula is C12H10ClF2N7S. The third kappa shape index (κ3) is 3.04. The van der Waals surface area contributed by atoms with Crippen LogP contribution in [0.15, 0.2) is 23.7 Å². The monoisotopic (exact) mass is 357 g/mol. The number of hydrogen-bond donors (Lipinski definition) is 1. The number of pyridine rings is 1. The predicted molar refractivity (Wildman–Crippen MR) is 82.3 cm³/mol. The zero-order valence-electron chi connectivity index (χ0n) is 11.7. The molecule has 23 heavy (non-hydrogen) atoms. The van der Waals surface area contributed by atoms with E-state index in [1.165, 1.54) is 24.3 Å². The van der Waals surface area contributed by atoms with E-state index in [1.807, 2.05) is 0 Å². The normalized spacial score (nSPS) is 12.9. The van der Waals surface area contributed by atoms with Crippen LogP contribution in [0.3, 0.4) is 0 Å². The molecule has 0 spiro atoms. The Kier molecular flexibility index (Phi) is 4.26. The highest BCUT2D eigenvalue weighted by atomic mass is 35.5. The molecule has 3 rings (SSSR count). The molecule has 3 heterocycles. The summed E-state index contributed by atoms with van der Waals surface area (Å²) < 4.78 is 25.6. The Morgan fingerprint density at radius 3 is 2.74 bits per heavy atom. The molecule has 2 N–H and O–H groups in total. The molecule has 0 bridgehead atoms. The van der Waals surface area contributed by atoms with E-state index in [0.717, 1.165) is 6.33 Å². The van der Waals surface area contributed by atoms with Crippen LogP contribution in [0.1, 0.15) is 24.5 Å². The number of nitrogen functional groups attached to an aromatic ring is 1. The van der Waals surface area contributed by atoms with Gasteiger partial charge in [0, 0.05) is 11.1 Å². The lowest BCUT2D eigenvalue weighted by molar-refractivity contribution is 0.0559. The van der Waals surface area contributed by atoms with E-state index in [0.29, 0.717) is 20.5 Å². The standard InChI is InChI=1S/C12H10ClF2N7S/c1-5(11-20-4-22(21-11)12(14)15)23-6-2-17-9(13)8-7(6)10(16)19-3-18-8/h2-5,12H,1H3,(H2,16,18,19). The Bertz CT molecular complexity index is 857. The summed E-state index contributed by atoms with van der Waals surface area (Å²) in [6.07, 6.45) is 3.83. The first-order chi connectivity index (χ1) is 11.0. The maximum absolute atomic E-state index is 12.6. The first-order valence-corrected chi connectivity index (χ1v) is 7.63. The van der Waals surface area contributed by atoms with Crippen LogP contribution in [0.4, 0.5) is 14.6 Å². The van der Waals surface area contributed by atoms with Gasteiger partial charge in [-0.3, -0.25) is 0 Å². The molecule has 3 aromatic heterocycles. The molecule has 0 fully saturated rings. The number of aromatic nitrogens is 6. The highest BCUT2D eigenvalue weighted by Crippen LogP contribution is 2.39. The van der Waals surface area contributed by atoms with Crippen molar-refractivity contribution in [2.75, 3.05) is 5.73 Å². The van der Waals surface area contributed by atoms with Crippen LogP contribution >= 0.6 is 23.4 Å². The largest absolute Gasteiger partial charge is 0.383 e. The Balaban J connectivity index is 1.96. The van der Waals surface area contributed by atoms with Crippen molar-refractivity contribution in [3.8, 4) is 0 Å². The van der Waals surface area contributed by atoms with Crippen LogP contribution in [-0.4, -0.2) is 29.7 Å². The van der Waals surface area contributed by atoms with Crippen LogP contribution in [-0.2, 0) is 0 Å². The minimum absolute atomic E-state index is 0.214. The maximum Gasteiger partial charge on any atom is 0.334 e. The van der Waals surface area contributed by atoms with E-state index in [-0.39, 0.29) is 22.0 Å². The summed E-state index contributed by atoms with van der Waals surface area (Å²) in [7, 11) is 0. The van der Waals surface area contributed by atoms with E-state index in [2.05, 4.69) is 25.0 Å². The van der Waals surface area contributed by atoms with Crippen LogP contribution in [0, 0.1) is 0 Å². The van der Waals surface area contributed by atoms with Crippen LogP contribution < -0.4 is 5.73 Å². The second-order valence-corrected chi connectivity index (χ2v) is 6.26. The Labute approximate surface area is 138 Å². The summed E-state index contributed by atoms with van der Waals surface area (Å²) in [5.74, 6) is 0.536. The van der Waals surface area contributed by atoms with Gasteiger partial charge in [-0.25, -0.2) is 19.9 Å². The van der Waals surface area contributed by atoms with Gasteiger partial charge in [0.1, 0.15) is 24.0 Å². The molecule has 1 unspecified atom stereocenters. The smallest absolute Gasteiger partial charge is 0.334 e. The van der Waals surface area contributed by atoms with E-state index >= 15 is 0 Å². The van der Waals surface area contributed by atoms with E-state index in [4.69, 9.17) is 17.3 Å². The lowest BCUT2D eigenvalue weighted by atomic mass is 10.3. The lowest BCUT2D eigenvalue weighted by Gasteiger charge is -2.11. The number of thioether (sulfide) groups is 1. The molecule has 0 amide bonds. The molecule has 1 atom stereocenters. The molecule has 0 saturated carbocycles. The first kappa shape index (κ1) is 15.8. The minimum atomic E-state index is -2.73. The molecule has 120 valence electrons. The number of halogens is 3. The number of rotatable bonds is 4. The van der Waals surface area contributed by atoms with E-state index < -0.39 is 6.55 Å². The quantitative estimate of drug-likeness (QED) is 0.566. The summed E-state index contributed by atoms with van der Waals surface area (Å²) in [6, 6.07) is 0. The number of hydrogen-bond acceptors (Lipinski definition) is 7. The summed E-state index contributed by atoms with van der Waals surface area (Å²) >= 11 is 7.32. The predicted octanol–water partition coefficient (Wildman–Crippen LogP) is 3.10.